The van der Waals surface area contributed by atoms with Crippen LogP contribution in [0.3, 0.4) is 0 Å². The van der Waals surface area contributed by atoms with Gasteiger partial charge in [-0.15, -0.1) is 5.10 Å². The molecule has 1 aliphatic rings. The van der Waals surface area contributed by atoms with Crippen LogP contribution in [0.15, 0.2) is 12.1 Å². The third-order valence-corrected chi connectivity index (χ3v) is 3.80. The van der Waals surface area contributed by atoms with E-state index in [1.54, 1.807) is 0 Å². The average molecular weight is 262 g/mol. The number of nitrogens with zero attached hydrogens (tertiary/aromatic N) is 3. The van der Waals surface area contributed by atoms with E-state index in [-0.39, 0.29) is 0 Å². The molecule has 19 heavy (non-hydrogen) atoms. The van der Waals surface area contributed by atoms with E-state index in [0.717, 1.165) is 24.6 Å². The van der Waals surface area contributed by atoms with Crippen LogP contribution in [-0.4, -0.2) is 29.8 Å². The zero-order chi connectivity index (χ0) is 13.7. The molecule has 1 heterocycles. The topological polar surface area (TPSA) is 41.0 Å². The minimum absolute atomic E-state index is 0.652. The summed E-state index contributed by atoms with van der Waals surface area (Å²) >= 11 is 0. The molecular formula is C15H26N4. The summed E-state index contributed by atoms with van der Waals surface area (Å²) in [6.45, 7) is 6.24. The molecule has 1 aromatic heterocycles. The van der Waals surface area contributed by atoms with Gasteiger partial charge in [0.25, 0.3) is 0 Å². The zero-order valence-electron chi connectivity index (χ0n) is 12.4. The summed E-state index contributed by atoms with van der Waals surface area (Å²) in [5, 5.41) is 12.1. The lowest BCUT2D eigenvalue weighted by atomic mass is 10.2. The number of aromatic nitrogens is 2. The summed E-state index contributed by atoms with van der Waals surface area (Å²) in [5.74, 6) is 1.67. The van der Waals surface area contributed by atoms with Crippen molar-refractivity contribution in [2.45, 2.75) is 52.1 Å². The van der Waals surface area contributed by atoms with Gasteiger partial charge in [-0.25, -0.2) is 0 Å². The monoisotopic (exact) mass is 262 g/mol. The Kier molecular flexibility index (Phi) is 5.14. The summed E-state index contributed by atoms with van der Waals surface area (Å²) in [5.41, 5.74) is 1.02. The van der Waals surface area contributed by atoms with Gasteiger partial charge in [-0.05, 0) is 37.4 Å². The van der Waals surface area contributed by atoms with Crippen LogP contribution in [0.5, 0.6) is 0 Å². The SMILES string of the molecule is CC(C)CNCc1ccc(N(C)C2CCCC2)nn1. The number of nitrogens with one attached hydrogen (secondary N) is 1. The molecule has 4 heteroatoms. The highest BCUT2D eigenvalue weighted by Gasteiger charge is 2.20. The molecule has 0 radical (unpaired) electrons. The van der Waals surface area contributed by atoms with Gasteiger partial charge in [-0.1, -0.05) is 26.7 Å². The van der Waals surface area contributed by atoms with Crippen molar-refractivity contribution in [1.82, 2.24) is 15.5 Å². The fourth-order valence-electron chi connectivity index (χ4n) is 2.60. The molecule has 0 atom stereocenters. The van der Waals surface area contributed by atoms with Gasteiger partial charge in [-0.3, -0.25) is 0 Å². The van der Waals surface area contributed by atoms with Crippen LogP contribution < -0.4 is 10.2 Å². The summed E-state index contributed by atoms with van der Waals surface area (Å²) in [6.07, 6.45) is 5.27. The maximum atomic E-state index is 4.36. The molecule has 1 aliphatic carbocycles. The van der Waals surface area contributed by atoms with E-state index in [0.29, 0.717) is 12.0 Å². The molecule has 4 nitrogen and oxygen atoms in total. The van der Waals surface area contributed by atoms with Crippen LogP contribution in [0.25, 0.3) is 0 Å². The lowest BCUT2D eigenvalue weighted by Crippen LogP contribution is -2.30. The largest absolute Gasteiger partial charge is 0.355 e. The van der Waals surface area contributed by atoms with Crippen molar-refractivity contribution in [3.8, 4) is 0 Å². The fourth-order valence-corrected chi connectivity index (χ4v) is 2.60. The van der Waals surface area contributed by atoms with E-state index >= 15 is 0 Å². The molecule has 106 valence electrons. The quantitative estimate of drug-likeness (QED) is 0.855. The molecule has 0 amide bonds. The second kappa shape index (κ2) is 6.85. The normalized spacial score (nSPS) is 16.2. The number of rotatable bonds is 6. The molecule has 0 spiro atoms. The van der Waals surface area contributed by atoms with Crippen molar-refractivity contribution >= 4 is 5.82 Å². The first-order chi connectivity index (χ1) is 9.16. The van der Waals surface area contributed by atoms with E-state index in [4.69, 9.17) is 0 Å². The molecule has 0 aliphatic heterocycles. The third kappa shape index (κ3) is 4.16. The van der Waals surface area contributed by atoms with Gasteiger partial charge in [0.1, 0.15) is 0 Å². The maximum Gasteiger partial charge on any atom is 0.151 e. The maximum absolute atomic E-state index is 4.36. The van der Waals surface area contributed by atoms with Gasteiger partial charge in [0.15, 0.2) is 5.82 Å². The Labute approximate surface area is 116 Å². The highest BCUT2D eigenvalue weighted by Crippen LogP contribution is 2.25. The number of anilines is 1. The molecule has 0 bridgehead atoms. The molecule has 1 saturated carbocycles. The smallest absolute Gasteiger partial charge is 0.151 e. The predicted octanol–water partition coefficient (Wildman–Crippen LogP) is 2.60. The Hall–Kier alpha value is -1.16. The second-order valence-corrected chi connectivity index (χ2v) is 5.96. The van der Waals surface area contributed by atoms with Crippen LogP contribution in [0.1, 0.15) is 45.2 Å². The van der Waals surface area contributed by atoms with Gasteiger partial charge < -0.3 is 10.2 Å². The van der Waals surface area contributed by atoms with Crippen molar-refractivity contribution in [2.75, 3.05) is 18.5 Å². The van der Waals surface area contributed by atoms with Crippen LogP contribution in [0.2, 0.25) is 0 Å². The van der Waals surface area contributed by atoms with Gasteiger partial charge in [0.2, 0.25) is 0 Å². The molecule has 1 fully saturated rings. The standard InChI is InChI=1S/C15H26N4/c1-12(2)10-16-11-13-8-9-15(18-17-13)19(3)14-6-4-5-7-14/h8-9,12,14,16H,4-7,10-11H2,1-3H3. The van der Waals surface area contributed by atoms with Crippen molar-refractivity contribution in [3.63, 3.8) is 0 Å². The first-order valence-corrected chi connectivity index (χ1v) is 7.43. The van der Waals surface area contributed by atoms with E-state index in [1.807, 2.05) is 0 Å². The van der Waals surface area contributed by atoms with Crippen molar-refractivity contribution < 1.29 is 0 Å². The molecular weight excluding hydrogens is 236 g/mol. The lowest BCUT2D eigenvalue weighted by Gasteiger charge is -2.24. The lowest BCUT2D eigenvalue weighted by molar-refractivity contribution is 0.545. The second-order valence-electron chi connectivity index (χ2n) is 5.96. The Morgan fingerprint density at radius 3 is 2.58 bits per heavy atom. The average Bonchev–Trinajstić information content (AvgIpc) is 2.92. The fraction of sp³-hybridized carbons (Fsp3) is 0.733. The molecule has 2 rings (SSSR count). The summed E-state index contributed by atoms with van der Waals surface area (Å²) in [6, 6.07) is 4.83. The van der Waals surface area contributed by atoms with Gasteiger partial charge in [-0.2, -0.15) is 5.10 Å². The highest BCUT2D eigenvalue weighted by molar-refractivity contribution is 5.37. The van der Waals surface area contributed by atoms with Crippen molar-refractivity contribution in [1.29, 1.82) is 0 Å². The molecule has 1 aromatic rings. The minimum atomic E-state index is 0.652. The van der Waals surface area contributed by atoms with E-state index in [1.165, 1.54) is 25.7 Å². The third-order valence-electron chi connectivity index (χ3n) is 3.80. The van der Waals surface area contributed by atoms with E-state index < -0.39 is 0 Å². The van der Waals surface area contributed by atoms with Crippen LogP contribution in [0, 0.1) is 5.92 Å². The van der Waals surface area contributed by atoms with Gasteiger partial charge in [0.05, 0.1) is 5.69 Å². The molecule has 0 aromatic carbocycles. The first kappa shape index (κ1) is 14.3. The van der Waals surface area contributed by atoms with Crippen LogP contribution in [-0.2, 0) is 6.54 Å². The number of hydrogen-bond acceptors (Lipinski definition) is 4. The molecule has 0 saturated heterocycles. The first-order valence-electron chi connectivity index (χ1n) is 7.43. The van der Waals surface area contributed by atoms with E-state index in [9.17, 15) is 0 Å². The van der Waals surface area contributed by atoms with E-state index in [2.05, 4.69) is 53.4 Å². The molecule has 0 unspecified atom stereocenters. The Morgan fingerprint density at radius 2 is 2.00 bits per heavy atom. The van der Waals surface area contributed by atoms with Crippen molar-refractivity contribution in [3.05, 3.63) is 17.8 Å². The highest BCUT2D eigenvalue weighted by atomic mass is 15.3. The predicted molar refractivity (Wildman–Crippen MR) is 79.2 cm³/mol. The summed E-state index contributed by atoms with van der Waals surface area (Å²) in [7, 11) is 2.14. The zero-order valence-corrected chi connectivity index (χ0v) is 12.4. The van der Waals surface area contributed by atoms with Gasteiger partial charge >= 0.3 is 0 Å². The van der Waals surface area contributed by atoms with Crippen LogP contribution in [0.4, 0.5) is 5.82 Å². The summed E-state index contributed by atoms with van der Waals surface area (Å²) < 4.78 is 0. The Morgan fingerprint density at radius 1 is 1.26 bits per heavy atom. The summed E-state index contributed by atoms with van der Waals surface area (Å²) in [4.78, 5) is 2.28. The van der Waals surface area contributed by atoms with Crippen LogP contribution >= 0.6 is 0 Å². The Bertz CT molecular complexity index is 368. The number of hydrogen-bond donors (Lipinski definition) is 1. The molecule has 1 N–H and O–H groups in total. The van der Waals surface area contributed by atoms with Crippen molar-refractivity contribution in [2.24, 2.45) is 5.92 Å². The van der Waals surface area contributed by atoms with Gasteiger partial charge in [0, 0.05) is 19.6 Å². The minimum Gasteiger partial charge on any atom is -0.355 e. The Balaban J connectivity index is 1.86.